The van der Waals surface area contributed by atoms with Gasteiger partial charge in [-0.15, -0.1) is 0 Å². The molecule has 0 aliphatic heterocycles. The Morgan fingerprint density at radius 1 is 1.00 bits per heavy atom. The third-order valence-corrected chi connectivity index (χ3v) is 3.96. The molecule has 3 nitrogen and oxygen atoms in total. The second-order valence-corrected chi connectivity index (χ2v) is 5.62. The first-order chi connectivity index (χ1) is 9.83. The molecule has 0 atom stereocenters. The molecule has 3 rings (SSSR count). The van der Waals surface area contributed by atoms with Gasteiger partial charge in [-0.2, -0.15) is 0 Å². The Morgan fingerprint density at radius 2 is 1.75 bits per heavy atom. The first-order valence-electron chi connectivity index (χ1n) is 6.40. The lowest BCUT2D eigenvalue weighted by Gasteiger charge is -2.06. The Balaban J connectivity index is 1.71. The van der Waals surface area contributed by atoms with Crippen LogP contribution in [-0.4, -0.2) is 9.97 Å². The molecule has 0 radical (unpaired) electrons. The predicted molar refractivity (Wildman–Crippen MR) is 90.5 cm³/mol. The minimum atomic E-state index is 0.736. The van der Waals surface area contributed by atoms with Crippen LogP contribution in [0.15, 0.2) is 60.8 Å². The number of benzene rings is 2. The third kappa shape index (κ3) is 3.01. The van der Waals surface area contributed by atoms with Crippen molar-refractivity contribution in [1.29, 1.82) is 0 Å². The molecule has 20 heavy (non-hydrogen) atoms. The van der Waals surface area contributed by atoms with E-state index in [4.69, 9.17) is 0 Å². The molecule has 0 unspecified atom stereocenters. The number of para-hydroxylation sites is 1. The molecule has 1 aromatic heterocycles. The summed E-state index contributed by atoms with van der Waals surface area (Å²) in [5.74, 6) is 0.908. The van der Waals surface area contributed by atoms with Crippen LogP contribution in [0.3, 0.4) is 0 Å². The predicted octanol–water partition coefficient (Wildman–Crippen LogP) is 4.29. The fourth-order valence-electron chi connectivity index (χ4n) is 1.99. The summed E-state index contributed by atoms with van der Waals surface area (Å²) >= 11 is 2.33. The van der Waals surface area contributed by atoms with Crippen molar-refractivity contribution in [3.05, 3.63) is 70.1 Å². The van der Waals surface area contributed by atoms with Crippen molar-refractivity contribution in [3.63, 3.8) is 0 Å². The molecule has 0 amide bonds. The standard InChI is InChI=1S/C16H14IN3/c17-14-8-4-5-9-15(14)18-10-13-11-19-16(20-13)12-6-2-1-3-7-12/h1-9,11,18H,10H2,(H,19,20). The van der Waals surface area contributed by atoms with Gasteiger partial charge in [0.15, 0.2) is 0 Å². The molecule has 0 saturated carbocycles. The van der Waals surface area contributed by atoms with Gasteiger partial charge in [-0.05, 0) is 34.7 Å². The van der Waals surface area contributed by atoms with Crippen LogP contribution < -0.4 is 5.32 Å². The van der Waals surface area contributed by atoms with Gasteiger partial charge in [0.05, 0.1) is 18.4 Å². The smallest absolute Gasteiger partial charge is 0.137 e. The molecule has 1 heterocycles. The van der Waals surface area contributed by atoms with Gasteiger partial charge in [0.1, 0.15) is 5.82 Å². The quantitative estimate of drug-likeness (QED) is 0.668. The Bertz CT molecular complexity index is 692. The maximum atomic E-state index is 4.42. The summed E-state index contributed by atoms with van der Waals surface area (Å²) < 4.78 is 1.22. The Labute approximate surface area is 131 Å². The van der Waals surface area contributed by atoms with Gasteiger partial charge in [-0.1, -0.05) is 42.5 Å². The van der Waals surface area contributed by atoms with Crippen molar-refractivity contribution < 1.29 is 0 Å². The number of imidazole rings is 1. The van der Waals surface area contributed by atoms with E-state index >= 15 is 0 Å². The number of H-pyrrole nitrogens is 1. The Hall–Kier alpha value is -1.82. The molecule has 4 heteroatoms. The molecule has 100 valence electrons. The number of halogens is 1. The van der Waals surface area contributed by atoms with Crippen molar-refractivity contribution in [2.75, 3.05) is 5.32 Å². The number of nitrogens with zero attached hydrogens (tertiary/aromatic N) is 1. The largest absolute Gasteiger partial charge is 0.379 e. The molecular weight excluding hydrogens is 361 g/mol. The molecule has 0 aliphatic rings. The lowest BCUT2D eigenvalue weighted by atomic mass is 10.2. The van der Waals surface area contributed by atoms with E-state index in [1.807, 2.05) is 36.5 Å². The first kappa shape index (κ1) is 13.2. The van der Waals surface area contributed by atoms with Crippen LogP contribution in [0.4, 0.5) is 5.69 Å². The van der Waals surface area contributed by atoms with Crippen LogP contribution in [0.1, 0.15) is 5.69 Å². The third-order valence-electron chi connectivity index (χ3n) is 3.02. The summed E-state index contributed by atoms with van der Waals surface area (Å²) in [6.45, 7) is 0.736. The van der Waals surface area contributed by atoms with E-state index in [1.165, 1.54) is 3.57 Å². The minimum Gasteiger partial charge on any atom is -0.379 e. The van der Waals surface area contributed by atoms with Crippen molar-refractivity contribution >= 4 is 28.3 Å². The van der Waals surface area contributed by atoms with Crippen molar-refractivity contribution in [3.8, 4) is 11.4 Å². The topological polar surface area (TPSA) is 40.7 Å². The molecular formula is C16H14IN3. The van der Waals surface area contributed by atoms with Gasteiger partial charge < -0.3 is 10.3 Å². The Kier molecular flexibility index (Phi) is 4.01. The fourth-order valence-corrected chi connectivity index (χ4v) is 2.56. The number of rotatable bonds is 4. The molecule has 0 saturated heterocycles. The van der Waals surface area contributed by atoms with Crippen LogP contribution in [-0.2, 0) is 6.54 Å². The molecule has 0 bridgehead atoms. The molecule has 0 spiro atoms. The normalized spacial score (nSPS) is 10.4. The minimum absolute atomic E-state index is 0.736. The molecule has 2 aromatic carbocycles. The highest BCUT2D eigenvalue weighted by atomic mass is 127. The number of anilines is 1. The highest BCUT2D eigenvalue weighted by Crippen LogP contribution is 2.19. The zero-order valence-corrected chi connectivity index (χ0v) is 13.0. The second-order valence-electron chi connectivity index (χ2n) is 4.46. The monoisotopic (exact) mass is 375 g/mol. The summed E-state index contributed by atoms with van der Waals surface area (Å²) in [6, 6.07) is 18.4. The van der Waals surface area contributed by atoms with Gasteiger partial charge in [0, 0.05) is 14.8 Å². The van der Waals surface area contributed by atoms with Crippen LogP contribution >= 0.6 is 22.6 Å². The van der Waals surface area contributed by atoms with Gasteiger partial charge in [-0.3, -0.25) is 0 Å². The van der Waals surface area contributed by atoms with Crippen molar-refractivity contribution in [1.82, 2.24) is 9.97 Å². The maximum absolute atomic E-state index is 4.42. The SMILES string of the molecule is Ic1ccccc1NCc1cnc(-c2ccccc2)[nH]1. The summed E-state index contributed by atoms with van der Waals surface area (Å²) in [7, 11) is 0. The van der Waals surface area contributed by atoms with Crippen molar-refractivity contribution in [2.45, 2.75) is 6.54 Å². The van der Waals surface area contributed by atoms with Crippen molar-refractivity contribution in [2.24, 2.45) is 0 Å². The van der Waals surface area contributed by atoms with E-state index in [2.05, 4.69) is 62.1 Å². The fraction of sp³-hybridized carbons (Fsp3) is 0.0625. The summed E-state index contributed by atoms with van der Waals surface area (Å²) in [4.78, 5) is 7.77. The van der Waals surface area contributed by atoms with Crippen LogP contribution in [0, 0.1) is 3.57 Å². The molecule has 3 aromatic rings. The van der Waals surface area contributed by atoms with E-state index in [1.54, 1.807) is 0 Å². The number of nitrogens with one attached hydrogen (secondary N) is 2. The van der Waals surface area contributed by atoms with E-state index in [9.17, 15) is 0 Å². The second kappa shape index (κ2) is 6.09. The number of aromatic nitrogens is 2. The van der Waals surface area contributed by atoms with Crippen LogP contribution in [0.25, 0.3) is 11.4 Å². The zero-order valence-electron chi connectivity index (χ0n) is 10.8. The Morgan fingerprint density at radius 3 is 2.55 bits per heavy atom. The van der Waals surface area contributed by atoms with E-state index in [-0.39, 0.29) is 0 Å². The van der Waals surface area contributed by atoms with Gasteiger partial charge in [0.2, 0.25) is 0 Å². The molecule has 0 aliphatic carbocycles. The molecule has 0 fully saturated rings. The van der Waals surface area contributed by atoms with Gasteiger partial charge in [-0.25, -0.2) is 4.98 Å². The average Bonchev–Trinajstić information content (AvgIpc) is 2.96. The number of hydrogen-bond acceptors (Lipinski definition) is 2. The number of aromatic amines is 1. The number of hydrogen-bond donors (Lipinski definition) is 2. The summed E-state index contributed by atoms with van der Waals surface area (Å²) in [5, 5.41) is 3.42. The summed E-state index contributed by atoms with van der Waals surface area (Å²) in [6.07, 6.45) is 1.88. The van der Waals surface area contributed by atoms with E-state index in [0.29, 0.717) is 0 Å². The van der Waals surface area contributed by atoms with Crippen LogP contribution in [0.5, 0.6) is 0 Å². The maximum Gasteiger partial charge on any atom is 0.137 e. The van der Waals surface area contributed by atoms with Gasteiger partial charge in [0.25, 0.3) is 0 Å². The van der Waals surface area contributed by atoms with E-state index < -0.39 is 0 Å². The first-order valence-corrected chi connectivity index (χ1v) is 7.48. The highest BCUT2D eigenvalue weighted by Gasteiger charge is 2.03. The van der Waals surface area contributed by atoms with Crippen LogP contribution in [0.2, 0.25) is 0 Å². The summed E-state index contributed by atoms with van der Waals surface area (Å²) in [5.41, 5.74) is 3.32. The van der Waals surface area contributed by atoms with E-state index in [0.717, 1.165) is 29.3 Å². The lowest BCUT2D eigenvalue weighted by molar-refractivity contribution is 1.07. The molecule has 2 N–H and O–H groups in total. The highest BCUT2D eigenvalue weighted by molar-refractivity contribution is 14.1. The van der Waals surface area contributed by atoms with Gasteiger partial charge >= 0.3 is 0 Å². The average molecular weight is 375 g/mol. The lowest BCUT2D eigenvalue weighted by Crippen LogP contribution is -2.01. The zero-order chi connectivity index (χ0) is 13.8.